The van der Waals surface area contributed by atoms with Crippen molar-refractivity contribution in [1.82, 2.24) is 4.31 Å². The second kappa shape index (κ2) is 5.54. The second-order valence-electron chi connectivity index (χ2n) is 5.40. The third-order valence-corrected chi connectivity index (χ3v) is 4.71. The third kappa shape index (κ3) is 3.37. The molecule has 5 nitrogen and oxygen atoms in total. The van der Waals surface area contributed by atoms with Crippen LogP contribution in [0, 0.1) is 13.8 Å². The minimum Gasteiger partial charge on any atom is -0.325 e. The summed E-state index contributed by atoms with van der Waals surface area (Å²) in [6, 6.07) is 5.19. The Morgan fingerprint density at radius 3 is 2.40 bits per heavy atom. The molecule has 6 heteroatoms. The fourth-order valence-corrected chi connectivity index (χ4v) is 3.80. The molecule has 110 valence electrons. The van der Waals surface area contributed by atoms with Crippen LogP contribution in [0.25, 0.3) is 0 Å². The van der Waals surface area contributed by atoms with Crippen molar-refractivity contribution >= 4 is 21.6 Å². The number of nitrogens with zero attached hydrogens (tertiary/aromatic N) is 1. The minimum atomic E-state index is -3.33. The van der Waals surface area contributed by atoms with Crippen LogP contribution in [0.5, 0.6) is 0 Å². The Balaban J connectivity index is 2.15. The largest absolute Gasteiger partial charge is 0.325 e. The highest BCUT2D eigenvalue weighted by Crippen LogP contribution is 2.22. The van der Waals surface area contributed by atoms with Crippen LogP contribution in [-0.2, 0) is 14.8 Å². The fraction of sp³-hybridized carbons (Fsp3) is 0.500. The summed E-state index contributed by atoms with van der Waals surface area (Å²) in [6.07, 6.45) is 2.44. The van der Waals surface area contributed by atoms with Crippen LogP contribution in [0.4, 0.5) is 5.69 Å². The Morgan fingerprint density at radius 2 is 1.85 bits per heavy atom. The Morgan fingerprint density at radius 1 is 1.25 bits per heavy atom. The van der Waals surface area contributed by atoms with Gasteiger partial charge < -0.3 is 5.32 Å². The molecule has 1 heterocycles. The minimum absolute atomic E-state index is 0.252. The number of carbonyl (C=O) groups is 1. The molecule has 0 radical (unpaired) electrons. The molecule has 0 spiro atoms. The lowest BCUT2D eigenvalue weighted by atomic mass is 10.1. The molecule has 1 atom stereocenters. The van der Waals surface area contributed by atoms with E-state index in [0.717, 1.165) is 23.8 Å². The number of nitrogens with one attached hydrogen (secondary N) is 1. The lowest BCUT2D eigenvalue weighted by Gasteiger charge is -2.21. The Kier molecular flexibility index (Phi) is 4.15. The maximum absolute atomic E-state index is 12.3. The first kappa shape index (κ1) is 15.0. The molecule has 1 aromatic rings. The van der Waals surface area contributed by atoms with Crippen molar-refractivity contribution in [2.75, 3.05) is 18.1 Å². The average molecular weight is 296 g/mol. The van der Waals surface area contributed by atoms with Crippen molar-refractivity contribution in [3.8, 4) is 0 Å². The maximum Gasteiger partial charge on any atom is 0.242 e. The van der Waals surface area contributed by atoms with Crippen LogP contribution in [0.2, 0.25) is 0 Å². The van der Waals surface area contributed by atoms with E-state index < -0.39 is 16.1 Å². The highest BCUT2D eigenvalue weighted by atomic mass is 32.2. The fourth-order valence-electron chi connectivity index (χ4n) is 2.67. The molecule has 0 saturated carbocycles. The molecule has 1 N–H and O–H groups in total. The normalized spacial score (nSPS) is 20.1. The SMILES string of the molecule is Cc1cc(C)cc(NC(=O)C2CCCN2S(C)(=O)=O)c1. The molecule has 1 unspecified atom stereocenters. The van der Waals surface area contributed by atoms with Gasteiger partial charge in [0.2, 0.25) is 15.9 Å². The Bertz CT molecular complexity index is 605. The van der Waals surface area contributed by atoms with Crippen molar-refractivity contribution in [2.45, 2.75) is 32.7 Å². The number of benzene rings is 1. The molecule has 2 rings (SSSR count). The first-order valence-electron chi connectivity index (χ1n) is 6.63. The van der Waals surface area contributed by atoms with Gasteiger partial charge in [-0.15, -0.1) is 0 Å². The topological polar surface area (TPSA) is 66.5 Å². The molecule has 0 aliphatic carbocycles. The van der Waals surface area contributed by atoms with Crippen LogP contribution in [0.15, 0.2) is 18.2 Å². The van der Waals surface area contributed by atoms with Gasteiger partial charge in [0.05, 0.1) is 6.26 Å². The van der Waals surface area contributed by atoms with Gasteiger partial charge in [0, 0.05) is 12.2 Å². The van der Waals surface area contributed by atoms with Gasteiger partial charge in [0.25, 0.3) is 0 Å². The quantitative estimate of drug-likeness (QED) is 0.922. The van der Waals surface area contributed by atoms with Crippen LogP contribution in [0.1, 0.15) is 24.0 Å². The second-order valence-corrected chi connectivity index (χ2v) is 7.33. The van der Waals surface area contributed by atoms with Crippen molar-refractivity contribution < 1.29 is 13.2 Å². The molecule has 1 aliphatic rings. The number of hydrogen-bond donors (Lipinski definition) is 1. The highest BCUT2D eigenvalue weighted by molar-refractivity contribution is 7.88. The lowest BCUT2D eigenvalue weighted by molar-refractivity contribution is -0.119. The van der Waals surface area contributed by atoms with Gasteiger partial charge in [-0.25, -0.2) is 8.42 Å². The molecule has 1 saturated heterocycles. The predicted octanol–water partition coefficient (Wildman–Crippen LogP) is 1.67. The van der Waals surface area contributed by atoms with Gasteiger partial charge in [0.15, 0.2) is 0 Å². The number of rotatable bonds is 3. The van der Waals surface area contributed by atoms with Crippen molar-refractivity contribution in [2.24, 2.45) is 0 Å². The zero-order valence-corrected chi connectivity index (χ0v) is 12.8. The van der Waals surface area contributed by atoms with Gasteiger partial charge in [-0.2, -0.15) is 4.31 Å². The zero-order chi connectivity index (χ0) is 14.9. The van der Waals surface area contributed by atoms with E-state index in [1.165, 1.54) is 4.31 Å². The summed E-state index contributed by atoms with van der Waals surface area (Å²) < 4.78 is 24.6. The lowest BCUT2D eigenvalue weighted by Crippen LogP contribution is -2.42. The van der Waals surface area contributed by atoms with Crippen LogP contribution in [0.3, 0.4) is 0 Å². The van der Waals surface area contributed by atoms with Gasteiger partial charge in [-0.05, 0) is 49.9 Å². The Labute approximate surface area is 120 Å². The van der Waals surface area contributed by atoms with Crippen LogP contribution < -0.4 is 5.32 Å². The van der Waals surface area contributed by atoms with Gasteiger partial charge in [0.1, 0.15) is 6.04 Å². The predicted molar refractivity (Wildman–Crippen MR) is 79.1 cm³/mol. The number of hydrogen-bond acceptors (Lipinski definition) is 3. The first-order valence-corrected chi connectivity index (χ1v) is 8.48. The number of amides is 1. The van der Waals surface area contributed by atoms with E-state index in [2.05, 4.69) is 5.32 Å². The summed E-state index contributed by atoms with van der Waals surface area (Å²) in [7, 11) is -3.33. The van der Waals surface area contributed by atoms with E-state index in [-0.39, 0.29) is 5.91 Å². The molecule has 1 fully saturated rings. The molecule has 20 heavy (non-hydrogen) atoms. The first-order chi connectivity index (χ1) is 9.27. The summed E-state index contributed by atoms with van der Waals surface area (Å²) >= 11 is 0. The molecule has 1 amide bonds. The highest BCUT2D eigenvalue weighted by Gasteiger charge is 2.36. The van der Waals surface area contributed by atoms with Crippen LogP contribution >= 0.6 is 0 Å². The van der Waals surface area contributed by atoms with Crippen molar-refractivity contribution in [1.29, 1.82) is 0 Å². The molecular formula is C14H20N2O3S. The van der Waals surface area contributed by atoms with E-state index in [1.54, 1.807) is 0 Å². The molecule has 1 aromatic carbocycles. The molecule has 0 bridgehead atoms. The Hall–Kier alpha value is -1.40. The van der Waals surface area contributed by atoms with Crippen LogP contribution in [-0.4, -0.2) is 37.5 Å². The number of carbonyl (C=O) groups excluding carboxylic acids is 1. The summed E-state index contributed by atoms with van der Waals surface area (Å²) in [6.45, 7) is 4.34. The van der Waals surface area contributed by atoms with Gasteiger partial charge >= 0.3 is 0 Å². The molecule has 1 aliphatic heterocycles. The summed E-state index contributed by atoms with van der Waals surface area (Å²) in [5, 5.41) is 2.82. The van der Waals surface area contributed by atoms with E-state index in [4.69, 9.17) is 0 Å². The average Bonchev–Trinajstić information content (AvgIpc) is 2.75. The molecular weight excluding hydrogens is 276 g/mol. The summed E-state index contributed by atoms with van der Waals surface area (Å²) in [5.74, 6) is -0.252. The van der Waals surface area contributed by atoms with Crippen molar-refractivity contribution in [3.63, 3.8) is 0 Å². The number of aryl methyl sites for hydroxylation is 2. The van der Waals surface area contributed by atoms with E-state index in [1.807, 2.05) is 32.0 Å². The van der Waals surface area contributed by atoms with Crippen molar-refractivity contribution in [3.05, 3.63) is 29.3 Å². The number of anilines is 1. The summed E-state index contributed by atoms with van der Waals surface area (Å²) in [4.78, 5) is 12.3. The maximum atomic E-state index is 12.3. The third-order valence-electron chi connectivity index (χ3n) is 3.42. The standard InChI is InChI=1S/C14H20N2O3S/c1-10-7-11(2)9-12(8-10)15-14(17)13-5-4-6-16(13)20(3,18)19/h7-9,13H,4-6H2,1-3H3,(H,15,17). The van der Waals surface area contributed by atoms with E-state index >= 15 is 0 Å². The summed E-state index contributed by atoms with van der Waals surface area (Å²) in [5.41, 5.74) is 2.84. The van der Waals surface area contributed by atoms with Gasteiger partial charge in [-0.1, -0.05) is 6.07 Å². The van der Waals surface area contributed by atoms with E-state index in [9.17, 15) is 13.2 Å². The number of sulfonamides is 1. The van der Waals surface area contributed by atoms with E-state index in [0.29, 0.717) is 18.7 Å². The monoisotopic (exact) mass is 296 g/mol. The van der Waals surface area contributed by atoms with Gasteiger partial charge in [-0.3, -0.25) is 4.79 Å². The molecule has 0 aromatic heterocycles. The smallest absolute Gasteiger partial charge is 0.242 e. The zero-order valence-electron chi connectivity index (χ0n) is 12.0.